The first-order valence-corrected chi connectivity index (χ1v) is 8.46. The molecule has 1 aliphatic carbocycles. The van der Waals surface area contributed by atoms with Gasteiger partial charge in [-0.3, -0.25) is 0 Å². The van der Waals surface area contributed by atoms with Crippen LogP contribution >= 0.6 is 0 Å². The standard InChI is InChI=1S/C21H28O4/c1-14(8-10-17(20(24)25)16(3)13-19(22)23)9-11-18-15(2)7-6-12-21(18,4)5/h8-11,13H,6-7,12H2,1-5H3,(H,22,23)(H,24,25)/b11-9-,14-8-,16-13-,17-10+. The normalized spacial score (nSPS) is 19.5. The zero-order chi connectivity index (χ0) is 19.2. The number of rotatable bonds is 6. The van der Waals surface area contributed by atoms with E-state index in [-0.39, 0.29) is 16.6 Å². The van der Waals surface area contributed by atoms with Crippen LogP contribution < -0.4 is 0 Å². The van der Waals surface area contributed by atoms with Gasteiger partial charge in [-0.15, -0.1) is 0 Å². The molecule has 0 bridgehead atoms. The van der Waals surface area contributed by atoms with Crippen LogP contribution in [0.25, 0.3) is 0 Å². The number of carboxylic acids is 2. The lowest BCUT2D eigenvalue weighted by Gasteiger charge is -2.32. The van der Waals surface area contributed by atoms with Crippen molar-refractivity contribution in [3.05, 3.63) is 58.2 Å². The highest BCUT2D eigenvalue weighted by molar-refractivity contribution is 5.94. The first-order chi connectivity index (χ1) is 11.5. The van der Waals surface area contributed by atoms with Crippen molar-refractivity contribution in [2.24, 2.45) is 5.41 Å². The van der Waals surface area contributed by atoms with E-state index in [1.165, 1.54) is 30.6 Å². The van der Waals surface area contributed by atoms with Gasteiger partial charge in [0.05, 0.1) is 5.57 Å². The fourth-order valence-electron chi connectivity index (χ4n) is 3.13. The van der Waals surface area contributed by atoms with Crippen LogP contribution in [0.4, 0.5) is 0 Å². The van der Waals surface area contributed by atoms with E-state index in [4.69, 9.17) is 5.11 Å². The summed E-state index contributed by atoms with van der Waals surface area (Å²) in [5.41, 5.74) is 3.99. The maximum atomic E-state index is 11.3. The Hall–Kier alpha value is -2.36. The summed E-state index contributed by atoms with van der Waals surface area (Å²) in [7, 11) is 0. The van der Waals surface area contributed by atoms with Gasteiger partial charge in [0, 0.05) is 6.08 Å². The molecule has 0 aromatic rings. The third-order valence-electron chi connectivity index (χ3n) is 4.56. The van der Waals surface area contributed by atoms with Crippen molar-refractivity contribution in [1.29, 1.82) is 0 Å². The number of carboxylic acid groups (broad SMARTS) is 2. The van der Waals surface area contributed by atoms with Gasteiger partial charge in [-0.25, -0.2) is 9.59 Å². The quantitative estimate of drug-likeness (QED) is 0.522. The summed E-state index contributed by atoms with van der Waals surface area (Å²) in [5, 5.41) is 18.0. The van der Waals surface area contributed by atoms with Crippen molar-refractivity contribution in [2.45, 2.75) is 53.9 Å². The second-order valence-corrected chi connectivity index (χ2v) is 7.23. The molecular weight excluding hydrogens is 316 g/mol. The van der Waals surface area contributed by atoms with Gasteiger partial charge < -0.3 is 10.2 Å². The van der Waals surface area contributed by atoms with Crippen LogP contribution in [0.1, 0.15) is 53.9 Å². The van der Waals surface area contributed by atoms with E-state index in [0.717, 1.165) is 24.5 Å². The molecule has 0 saturated heterocycles. The van der Waals surface area contributed by atoms with Gasteiger partial charge in [-0.05, 0) is 62.7 Å². The SMILES string of the molecule is CC1=C(\C=C/C(C)=C\C=C(C(=O)O)/C(C)=C\C(=O)O)C(C)(C)CCC1. The molecule has 25 heavy (non-hydrogen) atoms. The Balaban J connectivity index is 3.07. The lowest BCUT2D eigenvalue weighted by Crippen LogP contribution is -2.19. The molecule has 0 aromatic carbocycles. The molecule has 0 aromatic heterocycles. The first kappa shape index (κ1) is 20.7. The lowest BCUT2D eigenvalue weighted by molar-refractivity contribution is -0.132. The van der Waals surface area contributed by atoms with E-state index >= 15 is 0 Å². The molecule has 0 spiro atoms. The summed E-state index contributed by atoms with van der Waals surface area (Å²) in [6, 6.07) is 0. The van der Waals surface area contributed by atoms with Crippen LogP contribution in [0.5, 0.6) is 0 Å². The molecule has 0 fully saturated rings. The molecule has 1 rings (SSSR count). The Kier molecular flexibility index (Phi) is 7.16. The summed E-state index contributed by atoms with van der Waals surface area (Å²) in [6.45, 7) is 10.0. The van der Waals surface area contributed by atoms with Crippen LogP contribution in [0.3, 0.4) is 0 Å². The number of allylic oxidation sites excluding steroid dienone is 7. The van der Waals surface area contributed by atoms with Crippen molar-refractivity contribution >= 4 is 11.9 Å². The first-order valence-electron chi connectivity index (χ1n) is 8.46. The number of carbonyl (C=O) groups is 2. The predicted octanol–water partition coefficient (Wildman–Crippen LogP) is 5.06. The number of aliphatic carboxylic acids is 2. The summed E-state index contributed by atoms with van der Waals surface area (Å²) >= 11 is 0. The highest BCUT2D eigenvalue weighted by Gasteiger charge is 2.26. The van der Waals surface area contributed by atoms with Crippen LogP contribution in [-0.4, -0.2) is 22.2 Å². The van der Waals surface area contributed by atoms with Gasteiger partial charge in [0.2, 0.25) is 0 Å². The van der Waals surface area contributed by atoms with Gasteiger partial charge in [-0.2, -0.15) is 0 Å². The summed E-state index contributed by atoms with van der Waals surface area (Å²) < 4.78 is 0. The van der Waals surface area contributed by atoms with Crippen molar-refractivity contribution < 1.29 is 19.8 Å². The Morgan fingerprint density at radius 1 is 1.12 bits per heavy atom. The fraction of sp³-hybridized carbons (Fsp3) is 0.429. The highest BCUT2D eigenvalue weighted by atomic mass is 16.4. The molecule has 1 aliphatic rings. The molecule has 0 saturated carbocycles. The maximum Gasteiger partial charge on any atom is 0.335 e. The van der Waals surface area contributed by atoms with E-state index in [2.05, 4.69) is 26.8 Å². The minimum atomic E-state index is -1.16. The van der Waals surface area contributed by atoms with Crippen LogP contribution in [0.2, 0.25) is 0 Å². The van der Waals surface area contributed by atoms with E-state index in [0.29, 0.717) is 0 Å². The monoisotopic (exact) mass is 344 g/mol. The molecule has 0 unspecified atom stereocenters. The molecule has 0 amide bonds. The largest absolute Gasteiger partial charge is 0.478 e. The van der Waals surface area contributed by atoms with E-state index in [1.807, 2.05) is 13.0 Å². The Morgan fingerprint density at radius 3 is 2.28 bits per heavy atom. The average molecular weight is 344 g/mol. The third-order valence-corrected chi connectivity index (χ3v) is 4.56. The van der Waals surface area contributed by atoms with Gasteiger partial charge >= 0.3 is 11.9 Å². The topological polar surface area (TPSA) is 74.6 Å². The van der Waals surface area contributed by atoms with E-state index in [1.54, 1.807) is 6.08 Å². The van der Waals surface area contributed by atoms with E-state index in [9.17, 15) is 14.7 Å². The molecule has 2 N–H and O–H groups in total. The van der Waals surface area contributed by atoms with Crippen molar-refractivity contribution in [3.8, 4) is 0 Å². The molecule has 0 radical (unpaired) electrons. The van der Waals surface area contributed by atoms with Gasteiger partial charge in [0.25, 0.3) is 0 Å². The van der Waals surface area contributed by atoms with Gasteiger partial charge in [0.1, 0.15) is 0 Å². The lowest BCUT2D eigenvalue weighted by atomic mass is 9.72. The van der Waals surface area contributed by atoms with Crippen LogP contribution in [-0.2, 0) is 9.59 Å². The summed E-state index contributed by atoms with van der Waals surface area (Å²) in [4.78, 5) is 22.0. The van der Waals surface area contributed by atoms with Crippen LogP contribution in [0, 0.1) is 5.41 Å². The maximum absolute atomic E-state index is 11.3. The number of hydrogen-bond donors (Lipinski definition) is 2. The summed E-state index contributed by atoms with van der Waals surface area (Å²) in [5.74, 6) is -2.30. The smallest absolute Gasteiger partial charge is 0.335 e. The van der Waals surface area contributed by atoms with Crippen molar-refractivity contribution in [2.75, 3.05) is 0 Å². The number of hydrogen-bond acceptors (Lipinski definition) is 2. The second-order valence-electron chi connectivity index (χ2n) is 7.23. The minimum absolute atomic E-state index is 0.0245. The van der Waals surface area contributed by atoms with Crippen molar-refractivity contribution in [1.82, 2.24) is 0 Å². The minimum Gasteiger partial charge on any atom is -0.478 e. The molecule has 0 atom stereocenters. The molecule has 4 heteroatoms. The molecule has 0 aliphatic heterocycles. The second kappa shape index (κ2) is 8.65. The summed E-state index contributed by atoms with van der Waals surface area (Å²) in [6.07, 6.45) is 11.6. The van der Waals surface area contributed by atoms with E-state index < -0.39 is 11.9 Å². The van der Waals surface area contributed by atoms with Crippen molar-refractivity contribution in [3.63, 3.8) is 0 Å². The molecule has 0 heterocycles. The van der Waals surface area contributed by atoms with Gasteiger partial charge in [-0.1, -0.05) is 43.2 Å². The predicted molar refractivity (Wildman–Crippen MR) is 100 cm³/mol. The van der Waals surface area contributed by atoms with Gasteiger partial charge in [0.15, 0.2) is 0 Å². The Bertz CT molecular complexity index is 697. The Morgan fingerprint density at radius 2 is 1.76 bits per heavy atom. The third kappa shape index (κ3) is 6.22. The molecular formula is C21H28O4. The fourth-order valence-corrected chi connectivity index (χ4v) is 3.13. The Labute approximate surface area is 149 Å². The average Bonchev–Trinajstić information content (AvgIpc) is 2.44. The van der Waals surface area contributed by atoms with Crippen LogP contribution in [0.15, 0.2) is 58.2 Å². The highest BCUT2D eigenvalue weighted by Crippen LogP contribution is 2.40. The molecule has 136 valence electrons. The zero-order valence-corrected chi connectivity index (χ0v) is 15.7. The zero-order valence-electron chi connectivity index (χ0n) is 15.7. The molecule has 4 nitrogen and oxygen atoms in total.